The van der Waals surface area contributed by atoms with Crippen molar-refractivity contribution in [1.29, 1.82) is 0 Å². The van der Waals surface area contributed by atoms with Gasteiger partial charge in [0.05, 0.1) is 14.8 Å². The lowest BCUT2D eigenvalue weighted by atomic mass is 10.2. The molecule has 0 radical (unpaired) electrons. The third kappa shape index (κ3) is 5.40. The van der Waals surface area contributed by atoms with Gasteiger partial charge in [-0.25, -0.2) is 13.1 Å². The average molecular weight is 358 g/mol. The second-order valence-corrected chi connectivity index (χ2v) is 6.34. The molecule has 0 amide bonds. The minimum Gasteiger partial charge on any atom is -0.320 e. The Hall–Kier alpha value is -0.930. The third-order valence-corrected chi connectivity index (χ3v) is 4.53. The molecule has 0 bridgehead atoms. The number of nitrogens with one attached hydrogen (secondary N) is 2. The SMILES string of the molecule is CNCCCNS(=O)(=O)c1cc(Cl)c(C)c([N+](=O)[O-])c1.Cl. The normalized spacial score (nSPS) is 11.0. The second-order valence-electron chi connectivity index (χ2n) is 4.16. The zero-order valence-corrected chi connectivity index (χ0v) is 13.9. The summed E-state index contributed by atoms with van der Waals surface area (Å²) in [5, 5.41) is 13.8. The van der Waals surface area contributed by atoms with Crippen molar-refractivity contribution in [2.45, 2.75) is 18.2 Å². The maximum absolute atomic E-state index is 12.0. The summed E-state index contributed by atoms with van der Waals surface area (Å²) in [7, 11) is -2.04. The van der Waals surface area contributed by atoms with Crippen molar-refractivity contribution in [1.82, 2.24) is 10.0 Å². The summed E-state index contributed by atoms with van der Waals surface area (Å²) in [6.45, 7) is 2.37. The molecule has 0 unspecified atom stereocenters. The number of halogens is 2. The highest BCUT2D eigenvalue weighted by Gasteiger charge is 2.22. The molecule has 120 valence electrons. The van der Waals surface area contributed by atoms with Gasteiger partial charge in [0.25, 0.3) is 5.69 Å². The molecule has 0 heterocycles. The molecule has 21 heavy (non-hydrogen) atoms. The number of benzene rings is 1. The highest BCUT2D eigenvalue weighted by Crippen LogP contribution is 2.29. The van der Waals surface area contributed by atoms with Crippen LogP contribution in [0.3, 0.4) is 0 Å². The van der Waals surface area contributed by atoms with Crippen molar-refractivity contribution in [3.8, 4) is 0 Å². The number of sulfonamides is 1. The van der Waals surface area contributed by atoms with E-state index in [2.05, 4.69) is 10.0 Å². The summed E-state index contributed by atoms with van der Waals surface area (Å²) in [6.07, 6.45) is 0.609. The number of hydrogen-bond donors (Lipinski definition) is 2. The summed E-state index contributed by atoms with van der Waals surface area (Å²) in [5.41, 5.74) is -0.0705. The van der Waals surface area contributed by atoms with Crippen molar-refractivity contribution in [2.24, 2.45) is 0 Å². The van der Waals surface area contributed by atoms with Crippen molar-refractivity contribution in [3.63, 3.8) is 0 Å². The first-order chi connectivity index (χ1) is 9.29. The number of rotatable bonds is 7. The van der Waals surface area contributed by atoms with Crippen LogP contribution in [0.2, 0.25) is 5.02 Å². The monoisotopic (exact) mass is 357 g/mol. The van der Waals surface area contributed by atoms with Crippen LogP contribution in [0.1, 0.15) is 12.0 Å². The Balaban J connectivity index is 0.00000400. The molecular weight excluding hydrogens is 341 g/mol. The molecule has 2 N–H and O–H groups in total. The lowest BCUT2D eigenvalue weighted by Crippen LogP contribution is -2.27. The smallest absolute Gasteiger partial charge is 0.275 e. The van der Waals surface area contributed by atoms with E-state index in [-0.39, 0.29) is 40.1 Å². The molecule has 0 aliphatic carbocycles. The Morgan fingerprint density at radius 2 is 1.95 bits per heavy atom. The summed E-state index contributed by atoms with van der Waals surface area (Å²) in [4.78, 5) is 10.0. The van der Waals surface area contributed by atoms with E-state index in [0.29, 0.717) is 13.0 Å². The number of nitro groups is 1. The maximum atomic E-state index is 12.0. The van der Waals surface area contributed by atoms with Crippen molar-refractivity contribution in [2.75, 3.05) is 20.1 Å². The van der Waals surface area contributed by atoms with E-state index < -0.39 is 14.9 Å². The average Bonchev–Trinajstić information content (AvgIpc) is 2.37. The minimum absolute atomic E-state index is 0. The Morgan fingerprint density at radius 3 is 2.48 bits per heavy atom. The zero-order chi connectivity index (χ0) is 15.3. The molecule has 1 rings (SSSR count). The summed E-state index contributed by atoms with van der Waals surface area (Å²) < 4.78 is 26.4. The molecule has 1 aromatic carbocycles. The predicted molar refractivity (Wildman–Crippen MR) is 83.8 cm³/mol. The fraction of sp³-hybridized carbons (Fsp3) is 0.455. The molecule has 7 nitrogen and oxygen atoms in total. The number of nitrogens with zero attached hydrogens (tertiary/aromatic N) is 1. The van der Waals surface area contributed by atoms with Crippen LogP contribution in [0.15, 0.2) is 17.0 Å². The lowest BCUT2D eigenvalue weighted by molar-refractivity contribution is -0.385. The van der Waals surface area contributed by atoms with E-state index >= 15 is 0 Å². The van der Waals surface area contributed by atoms with Crippen LogP contribution >= 0.6 is 24.0 Å². The zero-order valence-electron chi connectivity index (χ0n) is 11.6. The second kappa shape index (κ2) is 8.50. The van der Waals surface area contributed by atoms with Gasteiger partial charge in [0.15, 0.2) is 0 Å². The maximum Gasteiger partial charge on any atom is 0.275 e. The largest absolute Gasteiger partial charge is 0.320 e. The van der Waals surface area contributed by atoms with Crippen molar-refractivity contribution < 1.29 is 13.3 Å². The topological polar surface area (TPSA) is 101 Å². The fourth-order valence-corrected chi connectivity index (χ4v) is 2.94. The molecule has 0 aliphatic rings. The van der Waals surface area contributed by atoms with Crippen LogP contribution in [0.25, 0.3) is 0 Å². The first-order valence-electron chi connectivity index (χ1n) is 5.88. The minimum atomic E-state index is -3.80. The van der Waals surface area contributed by atoms with Gasteiger partial charge in [-0.3, -0.25) is 10.1 Å². The molecular formula is C11H17Cl2N3O4S. The van der Waals surface area contributed by atoms with Gasteiger partial charge in [-0.15, -0.1) is 12.4 Å². The van der Waals surface area contributed by atoms with Crippen molar-refractivity contribution in [3.05, 3.63) is 32.8 Å². The van der Waals surface area contributed by atoms with E-state index in [9.17, 15) is 18.5 Å². The molecule has 0 saturated carbocycles. The standard InChI is InChI=1S/C11H16ClN3O4S.ClH/c1-8-10(12)6-9(7-11(8)15(16)17)20(18,19)14-5-3-4-13-2;/h6-7,13-14H,3-5H2,1-2H3;1H. The van der Waals surface area contributed by atoms with Gasteiger partial charge in [-0.1, -0.05) is 11.6 Å². The van der Waals surface area contributed by atoms with E-state index in [1.54, 1.807) is 7.05 Å². The Morgan fingerprint density at radius 1 is 1.33 bits per heavy atom. The number of hydrogen-bond acceptors (Lipinski definition) is 5. The molecule has 0 spiro atoms. The van der Waals surface area contributed by atoms with Crippen molar-refractivity contribution >= 4 is 39.7 Å². The first-order valence-corrected chi connectivity index (χ1v) is 7.74. The van der Waals surface area contributed by atoms with Crippen LogP contribution in [0.5, 0.6) is 0 Å². The number of nitro benzene ring substituents is 1. The van der Waals surface area contributed by atoms with Gasteiger partial charge in [-0.2, -0.15) is 0 Å². The molecule has 0 atom stereocenters. The van der Waals surface area contributed by atoms with E-state index in [4.69, 9.17) is 11.6 Å². The quantitative estimate of drug-likeness (QED) is 0.440. The molecule has 0 fully saturated rings. The Bertz CT molecular complexity index is 608. The Kier molecular flexibility index (Phi) is 8.12. The molecule has 0 aromatic heterocycles. The van der Waals surface area contributed by atoms with Gasteiger partial charge >= 0.3 is 0 Å². The van der Waals surface area contributed by atoms with Gasteiger partial charge in [0, 0.05) is 18.2 Å². The summed E-state index contributed by atoms with van der Waals surface area (Å²) in [6, 6.07) is 2.23. The van der Waals surface area contributed by atoms with Gasteiger partial charge in [-0.05, 0) is 33.0 Å². The van der Waals surface area contributed by atoms with E-state index in [1.807, 2.05) is 0 Å². The van der Waals surface area contributed by atoms with E-state index in [0.717, 1.165) is 6.07 Å². The summed E-state index contributed by atoms with van der Waals surface area (Å²) in [5.74, 6) is 0. The Labute approximate surface area is 134 Å². The van der Waals surface area contributed by atoms with Gasteiger partial charge in [0.1, 0.15) is 0 Å². The molecule has 0 aliphatic heterocycles. The third-order valence-electron chi connectivity index (χ3n) is 2.69. The molecule has 1 aromatic rings. The van der Waals surface area contributed by atoms with Crippen LogP contribution in [0.4, 0.5) is 5.69 Å². The predicted octanol–water partition coefficient (Wildman–Crippen LogP) is 1.87. The van der Waals surface area contributed by atoms with Crippen LogP contribution < -0.4 is 10.0 Å². The highest BCUT2D eigenvalue weighted by molar-refractivity contribution is 7.89. The van der Waals surface area contributed by atoms with E-state index in [1.165, 1.54) is 13.0 Å². The summed E-state index contributed by atoms with van der Waals surface area (Å²) >= 11 is 5.85. The molecule has 10 heteroatoms. The van der Waals surface area contributed by atoms with Crippen LogP contribution in [-0.2, 0) is 10.0 Å². The van der Waals surface area contributed by atoms with Gasteiger partial charge < -0.3 is 5.32 Å². The van der Waals surface area contributed by atoms with Gasteiger partial charge in [0.2, 0.25) is 10.0 Å². The molecule has 0 saturated heterocycles. The lowest BCUT2D eigenvalue weighted by Gasteiger charge is -2.08. The highest BCUT2D eigenvalue weighted by atomic mass is 35.5. The first kappa shape index (κ1) is 20.1. The van der Waals surface area contributed by atoms with Crippen LogP contribution in [0, 0.1) is 17.0 Å². The fourth-order valence-electron chi connectivity index (χ4n) is 1.54. The van der Waals surface area contributed by atoms with Crippen LogP contribution in [-0.4, -0.2) is 33.5 Å².